The van der Waals surface area contributed by atoms with Crippen molar-refractivity contribution in [3.05, 3.63) is 16.8 Å². The first-order valence-electron chi connectivity index (χ1n) is 7.50. The van der Waals surface area contributed by atoms with E-state index in [0.29, 0.717) is 6.42 Å². The fourth-order valence-corrected chi connectivity index (χ4v) is 4.79. The maximum atomic E-state index is 11.5. The zero-order valence-electron chi connectivity index (χ0n) is 11.7. The zero-order valence-corrected chi connectivity index (χ0v) is 12.5. The largest absolute Gasteiger partial charge is 0.480 e. The summed E-state index contributed by atoms with van der Waals surface area (Å²) in [7, 11) is 0. The lowest BCUT2D eigenvalue weighted by Crippen LogP contribution is -2.36. The molecule has 1 fully saturated rings. The highest BCUT2D eigenvalue weighted by atomic mass is 32.1. The van der Waals surface area contributed by atoms with Gasteiger partial charge in [0.2, 0.25) is 0 Å². The van der Waals surface area contributed by atoms with Gasteiger partial charge in [-0.3, -0.25) is 0 Å². The lowest BCUT2D eigenvalue weighted by molar-refractivity contribution is -0.138. The van der Waals surface area contributed by atoms with E-state index in [2.05, 4.69) is 9.97 Å². The Hall–Kier alpha value is -1.69. The van der Waals surface area contributed by atoms with Crippen molar-refractivity contribution in [2.45, 2.75) is 44.6 Å². The second-order valence-corrected chi connectivity index (χ2v) is 6.86. The first kappa shape index (κ1) is 13.0. The van der Waals surface area contributed by atoms with Crippen molar-refractivity contribution in [2.75, 3.05) is 11.4 Å². The molecule has 1 aliphatic carbocycles. The number of thiophene rings is 1. The lowest BCUT2D eigenvalue weighted by atomic mass is 9.97. The van der Waals surface area contributed by atoms with Crippen molar-refractivity contribution in [3.63, 3.8) is 0 Å². The summed E-state index contributed by atoms with van der Waals surface area (Å²) in [5, 5.41) is 10.5. The topological polar surface area (TPSA) is 66.3 Å². The normalized spacial score (nSPS) is 21.7. The highest BCUT2D eigenvalue weighted by molar-refractivity contribution is 7.19. The Balaban J connectivity index is 1.88. The second kappa shape index (κ2) is 4.94. The minimum Gasteiger partial charge on any atom is -0.480 e. The molecule has 4 rings (SSSR count). The molecule has 5 nitrogen and oxygen atoms in total. The molecule has 0 radical (unpaired) electrons. The monoisotopic (exact) mass is 303 g/mol. The van der Waals surface area contributed by atoms with Crippen molar-refractivity contribution < 1.29 is 9.90 Å². The van der Waals surface area contributed by atoms with Gasteiger partial charge in [0.05, 0.1) is 5.39 Å². The number of anilines is 1. The molecule has 1 saturated heterocycles. The Morgan fingerprint density at radius 3 is 3.00 bits per heavy atom. The minimum atomic E-state index is -0.747. The highest BCUT2D eigenvalue weighted by Gasteiger charge is 2.33. The van der Waals surface area contributed by atoms with Crippen molar-refractivity contribution in [3.8, 4) is 0 Å². The summed E-state index contributed by atoms with van der Waals surface area (Å²) in [6.07, 6.45) is 7.83. The Morgan fingerprint density at radius 1 is 1.29 bits per heavy atom. The number of carbonyl (C=O) groups is 1. The van der Waals surface area contributed by atoms with Gasteiger partial charge in [0.15, 0.2) is 0 Å². The highest BCUT2D eigenvalue weighted by Crippen LogP contribution is 2.40. The van der Waals surface area contributed by atoms with Crippen LogP contribution in [0, 0.1) is 0 Å². The Bertz CT molecular complexity index is 712. The van der Waals surface area contributed by atoms with Gasteiger partial charge in [-0.2, -0.15) is 0 Å². The number of hydrogen-bond donors (Lipinski definition) is 1. The van der Waals surface area contributed by atoms with Crippen LogP contribution in [-0.4, -0.2) is 33.6 Å². The zero-order chi connectivity index (χ0) is 14.4. The van der Waals surface area contributed by atoms with Gasteiger partial charge in [-0.15, -0.1) is 11.3 Å². The third kappa shape index (κ3) is 2.00. The number of carboxylic acids is 1. The summed E-state index contributed by atoms with van der Waals surface area (Å²) in [6, 6.07) is -0.442. The molecule has 110 valence electrons. The predicted octanol–water partition coefficient (Wildman–Crippen LogP) is 2.62. The van der Waals surface area contributed by atoms with Crippen LogP contribution in [0.3, 0.4) is 0 Å². The molecule has 6 heteroatoms. The quantitative estimate of drug-likeness (QED) is 0.924. The summed E-state index contributed by atoms with van der Waals surface area (Å²) >= 11 is 1.76. The van der Waals surface area contributed by atoms with E-state index in [1.807, 2.05) is 4.90 Å². The van der Waals surface area contributed by atoms with Crippen LogP contribution in [0.5, 0.6) is 0 Å². The number of rotatable bonds is 2. The van der Waals surface area contributed by atoms with Gasteiger partial charge in [-0.05, 0) is 44.1 Å². The van der Waals surface area contributed by atoms with Crippen molar-refractivity contribution in [1.82, 2.24) is 9.97 Å². The van der Waals surface area contributed by atoms with Crippen molar-refractivity contribution >= 4 is 33.3 Å². The molecule has 0 saturated carbocycles. The summed E-state index contributed by atoms with van der Waals surface area (Å²) < 4.78 is 0. The summed E-state index contributed by atoms with van der Waals surface area (Å²) in [5.41, 5.74) is 1.37. The smallest absolute Gasteiger partial charge is 0.326 e. The maximum absolute atomic E-state index is 11.5. The van der Waals surface area contributed by atoms with Crippen molar-refractivity contribution in [2.24, 2.45) is 0 Å². The molecular formula is C15H17N3O2S. The van der Waals surface area contributed by atoms with Gasteiger partial charge in [0.1, 0.15) is 23.0 Å². The molecule has 1 N–H and O–H groups in total. The number of nitrogens with zero attached hydrogens (tertiary/aromatic N) is 3. The Labute approximate surface area is 126 Å². The first-order valence-corrected chi connectivity index (χ1v) is 8.32. The molecule has 2 aromatic rings. The summed E-state index contributed by atoms with van der Waals surface area (Å²) in [6.45, 7) is 0.772. The molecule has 2 aromatic heterocycles. The molecular weight excluding hydrogens is 286 g/mol. The number of hydrogen-bond acceptors (Lipinski definition) is 5. The number of aryl methyl sites for hydroxylation is 2. The van der Waals surface area contributed by atoms with Gasteiger partial charge in [0.25, 0.3) is 0 Å². The van der Waals surface area contributed by atoms with E-state index in [1.165, 1.54) is 23.3 Å². The van der Waals surface area contributed by atoms with Crippen LogP contribution in [0.2, 0.25) is 0 Å². The average Bonchev–Trinajstić information content (AvgIpc) is 3.11. The molecule has 0 bridgehead atoms. The molecule has 0 amide bonds. The molecule has 0 spiro atoms. The number of fused-ring (bicyclic) bond motifs is 3. The number of carboxylic acid groups (broad SMARTS) is 1. The van der Waals surface area contributed by atoms with E-state index in [0.717, 1.165) is 41.8 Å². The van der Waals surface area contributed by atoms with Crippen LogP contribution < -0.4 is 4.90 Å². The second-order valence-electron chi connectivity index (χ2n) is 5.78. The van der Waals surface area contributed by atoms with E-state index in [-0.39, 0.29) is 0 Å². The molecule has 2 aliphatic rings. The summed E-state index contributed by atoms with van der Waals surface area (Å²) in [4.78, 5) is 24.8. The molecule has 3 heterocycles. The molecule has 1 unspecified atom stereocenters. The van der Waals surface area contributed by atoms with Crippen LogP contribution in [0.4, 0.5) is 5.82 Å². The van der Waals surface area contributed by atoms with Crippen LogP contribution in [0.15, 0.2) is 6.33 Å². The Kier molecular flexibility index (Phi) is 3.06. The van der Waals surface area contributed by atoms with E-state index in [4.69, 9.17) is 0 Å². The average molecular weight is 303 g/mol. The van der Waals surface area contributed by atoms with Crippen LogP contribution in [0.25, 0.3) is 10.2 Å². The van der Waals surface area contributed by atoms with Gasteiger partial charge < -0.3 is 10.0 Å². The number of aromatic nitrogens is 2. The van der Waals surface area contributed by atoms with Gasteiger partial charge >= 0.3 is 5.97 Å². The SMILES string of the molecule is O=C(O)C1CCCN1c1ncnc2sc3c(c12)CCCC3. The fraction of sp³-hybridized carbons (Fsp3) is 0.533. The molecule has 21 heavy (non-hydrogen) atoms. The Morgan fingerprint density at radius 2 is 2.14 bits per heavy atom. The molecule has 1 aliphatic heterocycles. The van der Waals surface area contributed by atoms with Crippen LogP contribution in [-0.2, 0) is 17.6 Å². The van der Waals surface area contributed by atoms with E-state index >= 15 is 0 Å². The molecule has 0 aromatic carbocycles. The standard InChI is InChI=1S/C15H17N3O2S/c19-15(20)10-5-3-7-18(10)13-12-9-4-1-2-6-11(9)21-14(12)17-8-16-13/h8,10H,1-7H2,(H,19,20). The van der Waals surface area contributed by atoms with Gasteiger partial charge in [-0.25, -0.2) is 14.8 Å². The van der Waals surface area contributed by atoms with E-state index in [9.17, 15) is 9.90 Å². The van der Waals surface area contributed by atoms with Crippen molar-refractivity contribution in [1.29, 1.82) is 0 Å². The van der Waals surface area contributed by atoms with Crippen LogP contribution >= 0.6 is 11.3 Å². The van der Waals surface area contributed by atoms with Gasteiger partial charge in [-0.1, -0.05) is 0 Å². The van der Waals surface area contributed by atoms with E-state index in [1.54, 1.807) is 17.7 Å². The van der Waals surface area contributed by atoms with Gasteiger partial charge in [0, 0.05) is 11.4 Å². The predicted molar refractivity (Wildman–Crippen MR) is 82.1 cm³/mol. The van der Waals surface area contributed by atoms with Crippen LogP contribution in [0.1, 0.15) is 36.1 Å². The number of aliphatic carboxylic acids is 1. The lowest BCUT2D eigenvalue weighted by Gasteiger charge is -2.23. The van der Waals surface area contributed by atoms with E-state index < -0.39 is 12.0 Å². The maximum Gasteiger partial charge on any atom is 0.326 e. The minimum absolute atomic E-state index is 0.442. The fourth-order valence-electron chi connectivity index (χ4n) is 3.57. The summed E-state index contributed by atoms with van der Waals surface area (Å²) in [5.74, 6) is 0.0904. The third-order valence-electron chi connectivity index (χ3n) is 4.54. The third-order valence-corrected chi connectivity index (χ3v) is 5.74. The molecule has 1 atom stereocenters. The first-order chi connectivity index (χ1) is 10.3.